The van der Waals surface area contributed by atoms with Gasteiger partial charge in [0.25, 0.3) is 0 Å². The topological polar surface area (TPSA) is 47.6 Å². The smallest absolute Gasteiger partial charge is 0.249 e. The summed E-state index contributed by atoms with van der Waals surface area (Å²) >= 11 is 5.43. The minimum Gasteiger partial charge on any atom is -0.378 e. The van der Waals surface area contributed by atoms with Crippen molar-refractivity contribution in [2.24, 2.45) is 0 Å². The van der Waals surface area contributed by atoms with Crippen molar-refractivity contribution < 1.29 is 14.3 Å². The number of alkyl halides is 1. The number of rotatable bonds is 6. The van der Waals surface area contributed by atoms with Gasteiger partial charge in [-0.15, -0.1) is 11.6 Å². The van der Waals surface area contributed by atoms with Gasteiger partial charge in [0, 0.05) is 12.4 Å². The van der Waals surface area contributed by atoms with E-state index in [2.05, 4.69) is 5.32 Å². The van der Waals surface area contributed by atoms with Crippen LogP contribution in [0.15, 0.2) is 0 Å². The first kappa shape index (κ1) is 12.7. The molecule has 1 aliphatic rings. The van der Waals surface area contributed by atoms with Crippen LogP contribution in [0.3, 0.4) is 0 Å². The first-order valence-electron chi connectivity index (χ1n) is 5.31. The molecule has 1 fully saturated rings. The van der Waals surface area contributed by atoms with Gasteiger partial charge >= 0.3 is 0 Å². The van der Waals surface area contributed by atoms with Gasteiger partial charge in [0.2, 0.25) is 5.91 Å². The van der Waals surface area contributed by atoms with E-state index in [1.165, 1.54) is 0 Å². The van der Waals surface area contributed by atoms with E-state index in [1.807, 2.05) is 6.92 Å². The molecule has 2 unspecified atom stereocenters. The van der Waals surface area contributed by atoms with Gasteiger partial charge in [0.05, 0.1) is 19.3 Å². The van der Waals surface area contributed by atoms with Gasteiger partial charge in [-0.1, -0.05) is 0 Å². The molecule has 1 amide bonds. The van der Waals surface area contributed by atoms with Gasteiger partial charge in [0.1, 0.15) is 6.10 Å². The Kier molecular flexibility index (Phi) is 5.98. The number of nitrogens with one attached hydrogen (secondary N) is 1. The van der Waals surface area contributed by atoms with E-state index in [-0.39, 0.29) is 18.1 Å². The summed E-state index contributed by atoms with van der Waals surface area (Å²) < 4.78 is 10.6. The number of halogens is 1. The Morgan fingerprint density at radius 1 is 1.53 bits per heavy atom. The number of carbonyl (C=O) groups is 1. The molecule has 0 aliphatic carbocycles. The second-order valence-corrected chi connectivity index (χ2v) is 3.98. The Bertz CT molecular complexity index is 201. The maximum atomic E-state index is 11.5. The minimum absolute atomic E-state index is 0.0335. The van der Waals surface area contributed by atoms with Crippen LogP contribution in [-0.4, -0.2) is 43.8 Å². The number of hydrogen-bond donors (Lipinski definition) is 1. The molecule has 0 aromatic heterocycles. The molecular formula is C10H18ClNO3. The zero-order valence-electron chi connectivity index (χ0n) is 9.00. The molecule has 1 heterocycles. The molecular weight excluding hydrogens is 218 g/mol. The van der Waals surface area contributed by atoms with Crippen molar-refractivity contribution in [1.29, 1.82) is 0 Å². The summed E-state index contributed by atoms with van der Waals surface area (Å²) in [5.74, 6) is 0.450. The molecule has 1 N–H and O–H groups in total. The first-order valence-corrected chi connectivity index (χ1v) is 5.84. The summed E-state index contributed by atoms with van der Waals surface area (Å²) in [6.07, 6.45) is 1.71. The average Bonchev–Trinajstić information content (AvgIpc) is 2.64. The zero-order valence-corrected chi connectivity index (χ0v) is 9.76. The van der Waals surface area contributed by atoms with Crippen molar-refractivity contribution in [3.63, 3.8) is 0 Å². The molecule has 4 nitrogen and oxygen atoms in total. The minimum atomic E-state index is -0.270. The molecule has 15 heavy (non-hydrogen) atoms. The lowest BCUT2D eigenvalue weighted by Crippen LogP contribution is -2.36. The highest BCUT2D eigenvalue weighted by atomic mass is 35.5. The Morgan fingerprint density at radius 3 is 2.93 bits per heavy atom. The van der Waals surface area contributed by atoms with E-state index in [0.717, 1.165) is 12.8 Å². The van der Waals surface area contributed by atoms with E-state index in [4.69, 9.17) is 21.1 Å². The number of ether oxygens (including phenoxy) is 2. The fraction of sp³-hybridized carbons (Fsp3) is 0.900. The fourth-order valence-electron chi connectivity index (χ4n) is 1.51. The van der Waals surface area contributed by atoms with Crippen molar-refractivity contribution in [2.75, 3.05) is 25.6 Å². The quantitative estimate of drug-likeness (QED) is 0.550. The third-order valence-corrected chi connectivity index (χ3v) is 2.45. The summed E-state index contributed by atoms with van der Waals surface area (Å²) in [7, 11) is 0. The summed E-state index contributed by atoms with van der Waals surface area (Å²) in [6.45, 7) is 3.52. The normalized spacial score (nSPS) is 25.5. The summed E-state index contributed by atoms with van der Waals surface area (Å²) in [5, 5.41) is 2.77. The van der Waals surface area contributed by atoms with Crippen LogP contribution in [0.4, 0.5) is 0 Å². The molecule has 1 saturated heterocycles. The highest BCUT2D eigenvalue weighted by Gasteiger charge is 2.27. The molecule has 5 heteroatoms. The van der Waals surface area contributed by atoms with Crippen molar-refractivity contribution in [3.05, 3.63) is 0 Å². The predicted octanol–water partition coefficient (Wildman–Crippen LogP) is 0.925. The Hall–Kier alpha value is -0.320. The van der Waals surface area contributed by atoms with Crippen LogP contribution in [-0.2, 0) is 14.3 Å². The standard InChI is InChI=1S/C10H18ClNO3/c1-8-2-3-9(15-8)10(13)12-5-7-14-6-4-11/h8-9H,2-7H2,1H3,(H,12,13). The van der Waals surface area contributed by atoms with E-state index in [1.54, 1.807) is 0 Å². The highest BCUT2D eigenvalue weighted by Crippen LogP contribution is 2.18. The van der Waals surface area contributed by atoms with Gasteiger partial charge in [-0.05, 0) is 19.8 Å². The summed E-state index contributed by atoms with van der Waals surface area (Å²) in [4.78, 5) is 11.5. The lowest BCUT2D eigenvalue weighted by molar-refractivity contribution is -0.131. The Labute approximate surface area is 95.3 Å². The van der Waals surface area contributed by atoms with Crippen LogP contribution in [0.1, 0.15) is 19.8 Å². The van der Waals surface area contributed by atoms with Crippen molar-refractivity contribution in [3.8, 4) is 0 Å². The lowest BCUT2D eigenvalue weighted by atomic mass is 10.2. The molecule has 0 saturated carbocycles. The number of carbonyl (C=O) groups excluding carboxylic acids is 1. The Morgan fingerprint density at radius 2 is 2.33 bits per heavy atom. The third-order valence-electron chi connectivity index (χ3n) is 2.29. The van der Waals surface area contributed by atoms with Crippen LogP contribution in [0.5, 0.6) is 0 Å². The Balaban J connectivity index is 2.03. The molecule has 0 spiro atoms. The van der Waals surface area contributed by atoms with Crippen LogP contribution in [0.25, 0.3) is 0 Å². The molecule has 1 rings (SSSR count). The SMILES string of the molecule is CC1CCC(C(=O)NCCOCCCl)O1. The molecule has 0 bridgehead atoms. The van der Waals surface area contributed by atoms with Crippen LogP contribution in [0.2, 0.25) is 0 Å². The lowest BCUT2D eigenvalue weighted by Gasteiger charge is -2.11. The maximum absolute atomic E-state index is 11.5. The van der Waals surface area contributed by atoms with Gasteiger partial charge < -0.3 is 14.8 Å². The fourth-order valence-corrected chi connectivity index (χ4v) is 1.62. The van der Waals surface area contributed by atoms with Gasteiger partial charge in [-0.2, -0.15) is 0 Å². The third kappa shape index (κ3) is 4.82. The van der Waals surface area contributed by atoms with Gasteiger partial charge in [-0.25, -0.2) is 0 Å². The summed E-state index contributed by atoms with van der Waals surface area (Å²) in [6, 6.07) is 0. The van der Waals surface area contributed by atoms with E-state index in [0.29, 0.717) is 25.6 Å². The molecule has 0 radical (unpaired) electrons. The molecule has 2 atom stereocenters. The molecule has 0 aromatic carbocycles. The second-order valence-electron chi connectivity index (χ2n) is 3.61. The average molecular weight is 236 g/mol. The van der Waals surface area contributed by atoms with Crippen molar-refractivity contribution >= 4 is 17.5 Å². The van der Waals surface area contributed by atoms with Crippen molar-refractivity contribution in [2.45, 2.75) is 32.0 Å². The number of amides is 1. The maximum Gasteiger partial charge on any atom is 0.249 e. The van der Waals surface area contributed by atoms with E-state index >= 15 is 0 Å². The van der Waals surface area contributed by atoms with E-state index in [9.17, 15) is 4.79 Å². The predicted molar refractivity (Wildman–Crippen MR) is 58.1 cm³/mol. The van der Waals surface area contributed by atoms with Gasteiger partial charge in [-0.3, -0.25) is 4.79 Å². The van der Waals surface area contributed by atoms with Crippen LogP contribution < -0.4 is 5.32 Å². The second kappa shape index (κ2) is 7.04. The van der Waals surface area contributed by atoms with Crippen molar-refractivity contribution in [1.82, 2.24) is 5.32 Å². The zero-order chi connectivity index (χ0) is 11.1. The first-order chi connectivity index (χ1) is 7.24. The van der Waals surface area contributed by atoms with Gasteiger partial charge in [0.15, 0.2) is 0 Å². The molecule has 88 valence electrons. The summed E-state index contributed by atoms with van der Waals surface area (Å²) in [5.41, 5.74) is 0. The molecule has 0 aromatic rings. The van der Waals surface area contributed by atoms with Crippen LogP contribution >= 0.6 is 11.6 Å². The van der Waals surface area contributed by atoms with Crippen LogP contribution in [0, 0.1) is 0 Å². The largest absolute Gasteiger partial charge is 0.378 e. The molecule has 1 aliphatic heterocycles. The monoisotopic (exact) mass is 235 g/mol. The number of hydrogen-bond acceptors (Lipinski definition) is 3. The van der Waals surface area contributed by atoms with E-state index < -0.39 is 0 Å². The highest BCUT2D eigenvalue weighted by molar-refractivity contribution is 6.17.